The van der Waals surface area contributed by atoms with Gasteiger partial charge in [0.1, 0.15) is 0 Å². The van der Waals surface area contributed by atoms with E-state index >= 15 is 0 Å². The molecule has 0 bridgehead atoms. The van der Waals surface area contributed by atoms with E-state index in [0.717, 1.165) is 0 Å². The van der Waals surface area contributed by atoms with Gasteiger partial charge in [-0.25, -0.2) is 0 Å². The molecule has 1 aromatic rings. The van der Waals surface area contributed by atoms with Crippen LogP contribution in [0, 0.1) is 0 Å². The SMILES string of the molecule is CC(C)Oc1cc(Cl)nnc1Cl. The summed E-state index contributed by atoms with van der Waals surface area (Å²) in [6.07, 6.45) is 0.0442. The van der Waals surface area contributed by atoms with Gasteiger partial charge in [0.25, 0.3) is 0 Å². The first-order valence-corrected chi connectivity index (χ1v) is 4.20. The zero-order valence-electron chi connectivity index (χ0n) is 6.71. The topological polar surface area (TPSA) is 35.0 Å². The average molecular weight is 207 g/mol. The molecule has 0 atom stereocenters. The van der Waals surface area contributed by atoms with Crippen LogP contribution in [0.3, 0.4) is 0 Å². The Balaban J connectivity index is 2.90. The van der Waals surface area contributed by atoms with E-state index in [4.69, 9.17) is 27.9 Å². The normalized spacial score (nSPS) is 10.4. The molecule has 0 fully saturated rings. The van der Waals surface area contributed by atoms with Crippen LogP contribution in [0.1, 0.15) is 13.8 Å². The summed E-state index contributed by atoms with van der Waals surface area (Å²) in [6, 6.07) is 1.54. The minimum atomic E-state index is 0.0442. The molecule has 0 spiro atoms. The smallest absolute Gasteiger partial charge is 0.193 e. The largest absolute Gasteiger partial charge is 0.488 e. The standard InChI is InChI=1S/C7H8Cl2N2O/c1-4(2)12-5-3-6(8)10-11-7(5)9/h3-4H,1-2H3. The lowest BCUT2D eigenvalue weighted by Gasteiger charge is -2.09. The van der Waals surface area contributed by atoms with Gasteiger partial charge in [-0.2, -0.15) is 0 Å². The molecule has 0 aliphatic heterocycles. The number of aromatic nitrogens is 2. The summed E-state index contributed by atoms with van der Waals surface area (Å²) >= 11 is 11.3. The fraction of sp³-hybridized carbons (Fsp3) is 0.429. The minimum Gasteiger partial charge on any atom is -0.488 e. The Labute approximate surface area is 80.7 Å². The van der Waals surface area contributed by atoms with Crippen LogP contribution in [0.5, 0.6) is 5.75 Å². The molecular weight excluding hydrogens is 199 g/mol. The summed E-state index contributed by atoms with van der Waals surface area (Å²) < 4.78 is 5.31. The Bertz CT molecular complexity index is 278. The predicted octanol–water partition coefficient (Wildman–Crippen LogP) is 2.57. The van der Waals surface area contributed by atoms with Gasteiger partial charge < -0.3 is 4.74 Å². The Morgan fingerprint density at radius 2 is 2.00 bits per heavy atom. The van der Waals surface area contributed by atoms with E-state index in [1.54, 1.807) is 0 Å². The molecule has 0 aliphatic rings. The second-order valence-corrected chi connectivity index (χ2v) is 3.23. The number of hydrogen-bond donors (Lipinski definition) is 0. The summed E-state index contributed by atoms with van der Waals surface area (Å²) in [5, 5.41) is 7.64. The third-order valence-electron chi connectivity index (χ3n) is 1.05. The Kier molecular flexibility index (Phi) is 3.12. The van der Waals surface area contributed by atoms with Crippen molar-refractivity contribution < 1.29 is 4.74 Å². The first-order chi connectivity index (χ1) is 5.59. The van der Waals surface area contributed by atoms with E-state index in [2.05, 4.69) is 10.2 Å². The van der Waals surface area contributed by atoms with Crippen molar-refractivity contribution >= 4 is 23.2 Å². The van der Waals surface area contributed by atoms with Gasteiger partial charge in [-0.1, -0.05) is 23.2 Å². The fourth-order valence-electron chi connectivity index (χ4n) is 0.674. The summed E-state index contributed by atoms with van der Waals surface area (Å²) in [5.74, 6) is 0.465. The van der Waals surface area contributed by atoms with Gasteiger partial charge >= 0.3 is 0 Å². The Hall–Kier alpha value is -0.540. The number of ether oxygens (including phenoxy) is 1. The van der Waals surface area contributed by atoms with E-state index in [0.29, 0.717) is 5.75 Å². The first-order valence-electron chi connectivity index (χ1n) is 3.45. The zero-order chi connectivity index (χ0) is 9.14. The van der Waals surface area contributed by atoms with Gasteiger partial charge in [-0.05, 0) is 13.8 Å². The van der Waals surface area contributed by atoms with Crippen molar-refractivity contribution in [3.05, 3.63) is 16.4 Å². The molecule has 1 rings (SSSR count). The molecule has 5 heteroatoms. The number of hydrogen-bond acceptors (Lipinski definition) is 3. The van der Waals surface area contributed by atoms with Gasteiger partial charge in [-0.3, -0.25) is 0 Å². The van der Waals surface area contributed by atoms with Crippen molar-refractivity contribution in [3.8, 4) is 5.75 Å². The van der Waals surface area contributed by atoms with Crippen LogP contribution in [0.4, 0.5) is 0 Å². The van der Waals surface area contributed by atoms with Crippen molar-refractivity contribution in [3.63, 3.8) is 0 Å². The molecule has 12 heavy (non-hydrogen) atoms. The second-order valence-electron chi connectivity index (χ2n) is 2.49. The molecule has 0 saturated carbocycles. The minimum absolute atomic E-state index is 0.0442. The van der Waals surface area contributed by atoms with E-state index < -0.39 is 0 Å². The van der Waals surface area contributed by atoms with Gasteiger partial charge in [0.05, 0.1) is 6.10 Å². The lowest BCUT2D eigenvalue weighted by atomic mass is 10.4. The molecule has 0 N–H and O–H groups in total. The van der Waals surface area contributed by atoms with Gasteiger partial charge in [0, 0.05) is 6.07 Å². The van der Waals surface area contributed by atoms with Crippen molar-refractivity contribution in [2.45, 2.75) is 20.0 Å². The molecule has 0 aromatic carbocycles. The fourth-order valence-corrected chi connectivity index (χ4v) is 0.948. The Morgan fingerprint density at radius 1 is 1.33 bits per heavy atom. The highest BCUT2D eigenvalue weighted by atomic mass is 35.5. The van der Waals surface area contributed by atoms with Crippen LogP contribution in [-0.2, 0) is 0 Å². The summed E-state index contributed by atoms with van der Waals surface area (Å²) in [6.45, 7) is 3.79. The van der Waals surface area contributed by atoms with Crippen LogP contribution in [-0.4, -0.2) is 16.3 Å². The summed E-state index contributed by atoms with van der Waals surface area (Å²) in [5.41, 5.74) is 0. The number of rotatable bonds is 2. The lowest BCUT2D eigenvalue weighted by molar-refractivity contribution is 0.241. The zero-order valence-corrected chi connectivity index (χ0v) is 8.23. The van der Waals surface area contributed by atoms with Crippen LogP contribution in [0.15, 0.2) is 6.07 Å². The van der Waals surface area contributed by atoms with E-state index in [1.165, 1.54) is 6.07 Å². The highest BCUT2D eigenvalue weighted by Gasteiger charge is 2.06. The molecule has 3 nitrogen and oxygen atoms in total. The molecule has 0 radical (unpaired) electrons. The third-order valence-corrected chi connectivity index (χ3v) is 1.50. The third kappa shape index (κ3) is 2.50. The quantitative estimate of drug-likeness (QED) is 0.747. The monoisotopic (exact) mass is 206 g/mol. The highest BCUT2D eigenvalue weighted by Crippen LogP contribution is 2.24. The maximum Gasteiger partial charge on any atom is 0.193 e. The van der Waals surface area contributed by atoms with Gasteiger partial charge in [0.2, 0.25) is 0 Å². The maximum absolute atomic E-state index is 5.68. The average Bonchev–Trinajstić information content (AvgIpc) is 1.96. The molecule has 0 unspecified atom stereocenters. The lowest BCUT2D eigenvalue weighted by Crippen LogP contribution is -2.06. The molecule has 66 valence electrons. The molecule has 0 saturated heterocycles. The summed E-state index contributed by atoms with van der Waals surface area (Å²) in [7, 11) is 0. The van der Waals surface area contributed by atoms with E-state index in [1.807, 2.05) is 13.8 Å². The van der Waals surface area contributed by atoms with Crippen molar-refractivity contribution in [1.29, 1.82) is 0 Å². The molecule has 0 aliphatic carbocycles. The Morgan fingerprint density at radius 3 is 2.58 bits per heavy atom. The first kappa shape index (κ1) is 9.55. The highest BCUT2D eigenvalue weighted by molar-refractivity contribution is 6.32. The van der Waals surface area contributed by atoms with Gasteiger partial charge in [0.15, 0.2) is 16.1 Å². The van der Waals surface area contributed by atoms with Crippen LogP contribution in [0.2, 0.25) is 10.3 Å². The van der Waals surface area contributed by atoms with Crippen LogP contribution in [0.25, 0.3) is 0 Å². The van der Waals surface area contributed by atoms with Crippen molar-refractivity contribution in [1.82, 2.24) is 10.2 Å². The number of nitrogens with zero attached hydrogens (tertiary/aromatic N) is 2. The number of halogens is 2. The van der Waals surface area contributed by atoms with Crippen molar-refractivity contribution in [2.75, 3.05) is 0 Å². The predicted molar refractivity (Wildman–Crippen MR) is 47.8 cm³/mol. The summed E-state index contributed by atoms with van der Waals surface area (Å²) in [4.78, 5) is 0. The van der Waals surface area contributed by atoms with Crippen LogP contribution >= 0.6 is 23.2 Å². The van der Waals surface area contributed by atoms with Crippen LogP contribution < -0.4 is 4.74 Å². The molecule has 1 aromatic heterocycles. The molecular formula is C7H8Cl2N2O. The maximum atomic E-state index is 5.68. The molecule has 0 amide bonds. The second kappa shape index (κ2) is 3.92. The van der Waals surface area contributed by atoms with E-state index in [-0.39, 0.29) is 16.4 Å². The van der Waals surface area contributed by atoms with Crippen molar-refractivity contribution in [2.24, 2.45) is 0 Å². The van der Waals surface area contributed by atoms with E-state index in [9.17, 15) is 0 Å². The van der Waals surface area contributed by atoms with Gasteiger partial charge in [-0.15, -0.1) is 10.2 Å². The molecule has 1 heterocycles.